The van der Waals surface area contributed by atoms with Gasteiger partial charge in [0.15, 0.2) is 0 Å². The van der Waals surface area contributed by atoms with E-state index in [0.717, 1.165) is 25.9 Å². The molecule has 0 aromatic heterocycles. The molecular formula is C15H22ClN3O3. The Kier molecular flexibility index (Phi) is 7.27. The van der Waals surface area contributed by atoms with Crippen LogP contribution in [0.1, 0.15) is 30.1 Å². The molecule has 1 heterocycles. The van der Waals surface area contributed by atoms with Crippen LogP contribution in [0.3, 0.4) is 0 Å². The van der Waals surface area contributed by atoms with Gasteiger partial charge >= 0.3 is 0 Å². The highest BCUT2D eigenvalue weighted by atomic mass is 35.5. The second-order valence-electron chi connectivity index (χ2n) is 5.32. The highest BCUT2D eigenvalue weighted by Crippen LogP contribution is 2.23. The summed E-state index contributed by atoms with van der Waals surface area (Å²) in [6.07, 6.45) is 1.89. The third-order valence-corrected chi connectivity index (χ3v) is 3.92. The first-order chi connectivity index (χ1) is 10.1. The van der Waals surface area contributed by atoms with E-state index in [-0.39, 0.29) is 29.6 Å². The van der Waals surface area contributed by atoms with Gasteiger partial charge in [-0.05, 0) is 37.9 Å². The van der Waals surface area contributed by atoms with Crippen LogP contribution in [0.2, 0.25) is 0 Å². The monoisotopic (exact) mass is 327 g/mol. The van der Waals surface area contributed by atoms with Crippen LogP contribution < -0.4 is 5.32 Å². The third-order valence-electron chi connectivity index (χ3n) is 3.92. The molecule has 1 N–H and O–H groups in total. The molecule has 1 aromatic rings. The molecule has 0 spiro atoms. The van der Waals surface area contributed by atoms with Gasteiger partial charge in [0.2, 0.25) is 0 Å². The average Bonchev–Trinajstić information content (AvgIpc) is 2.52. The summed E-state index contributed by atoms with van der Waals surface area (Å²) >= 11 is 0. The van der Waals surface area contributed by atoms with E-state index in [1.54, 1.807) is 17.0 Å². The van der Waals surface area contributed by atoms with Crippen molar-refractivity contribution in [1.82, 2.24) is 10.2 Å². The first-order valence-corrected chi connectivity index (χ1v) is 7.37. The van der Waals surface area contributed by atoms with Crippen molar-refractivity contribution in [2.75, 3.05) is 26.2 Å². The Morgan fingerprint density at radius 3 is 2.59 bits per heavy atom. The van der Waals surface area contributed by atoms with Crippen LogP contribution >= 0.6 is 12.4 Å². The highest BCUT2D eigenvalue weighted by molar-refractivity contribution is 5.98. The van der Waals surface area contributed by atoms with Gasteiger partial charge in [0.25, 0.3) is 11.6 Å². The molecule has 0 atom stereocenters. The summed E-state index contributed by atoms with van der Waals surface area (Å²) in [5, 5.41) is 14.3. The SMILES string of the molecule is CCNCC1CCN(C(=O)c2ccccc2[N+](=O)[O-])CC1.Cl. The Balaban J connectivity index is 0.00000242. The molecule has 0 aliphatic carbocycles. The fourth-order valence-corrected chi connectivity index (χ4v) is 2.67. The van der Waals surface area contributed by atoms with Gasteiger partial charge in [-0.1, -0.05) is 19.1 Å². The lowest BCUT2D eigenvalue weighted by atomic mass is 9.96. The molecule has 0 radical (unpaired) electrons. The molecule has 7 heteroatoms. The number of rotatable bonds is 5. The first kappa shape index (κ1) is 18.4. The number of piperidine rings is 1. The number of hydrogen-bond acceptors (Lipinski definition) is 4. The number of nitro benzene ring substituents is 1. The number of para-hydroxylation sites is 1. The van der Waals surface area contributed by atoms with E-state index in [0.29, 0.717) is 19.0 Å². The number of hydrogen-bond donors (Lipinski definition) is 1. The summed E-state index contributed by atoms with van der Waals surface area (Å²) in [5.41, 5.74) is 0.0740. The predicted octanol–water partition coefficient (Wildman–Crippen LogP) is 2.48. The van der Waals surface area contributed by atoms with Crippen molar-refractivity contribution in [3.63, 3.8) is 0 Å². The van der Waals surface area contributed by atoms with E-state index in [1.807, 2.05) is 0 Å². The molecule has 22 heavy (non-hydrogen) atoms. The van der Waals surface area contributed by atoms with E-state index in [4.69, 9.17) is 0 Å². The summed E-state index contributed by atoms with van der Waals surface area (Å²) < 4.78 is 0. The van der Waals surface area contributed by atoms with E-state index in [2.05, 4.69) is 12.2 Å². The van der Waals surface area contributed by atoms with Crippen molar-refractivity contribution < 1.29 is 9.72 Å². The zero-order valence-electron chi connectivity index (χ0n) is 12.7. The Labute approximate surface area is 136 Å². The molecule has 1 aliphatic heterocycles. The summed E-state index contributed by atoms with van der Waals surface area (Å²) in [5.74, 6) is 0.351. The minimum atomic E-state index is -0.495. The van der Waals surface area contributed by atoms with Crippen molar-refractivity contribution in [3.05, 3.63) is 39.9 Å². The maximum atomic E-state index is 12.5. The normalized spacial score (nSPS) is 15.2. The van der Waals surface area contributed by atoms with Crippen LogP contribution in [-0.2, 0) is 0 Å². The highest BCUT2D eigenvalue weighted by Gasteiger charge is 2.27. The third kappa shape index (κ3) is 4.42. The van der Waals surface area contributed by atoms with Gasteiger partial charge in [-0.25, -0.2) is 0 Å². The van der Waals surface area contributed by atoms with Crippen molar-refractivity contribution >= 4 is 24.0 Å². The van der Waals surface area contributed by atoms with Gasteiger partial charge in [0.1, 0.15) is 5.56 Å². The lowest BCUT2D eigenvalue weighted by molar-refractivity contribution is -0.385. The lowest BCUT2D eigenvalue weighted by Crippen LogP contribution is -2.40. The number of carbonyl (C=O) groups is 1. The van der Waals surface area contributed by atoms with Crippen LogP contribution in [0.4, 0.5) is 5.69 Å². The number of nitrogens with zero attached hydrogens (tertiary/aromatic N) is 2. The van der Waals surface area contributed by atoms with Gasteiger partial charge < -0.3 is 10.2 Å². The van der Waals surface area contributed by atoms with Crippen LogP contribution in [0.5, 0.6) is 0 Å². The van der Waals surface area contributed by atoms with Crippen molar-refractivity contribution in [2.24, 2.45) is 5.92 Å². The molecule has 0 saturated carbocycles. The molecule has 6 nitrogen and oxygen atoms in total. The molecule has 0 bridgehead atoms. The second-order valence-corrected chi connectivity index (χ2v) is 5.32. The maximum absolute atomic E-state index is 12.5. The zero-order chi connectivity index (χ0) is 15.2. The van der Waals surface area contributed by atoms with Gasteiger partial charge in [-0.15, -0.1) is 12.4 Å². The standard InChI is InChI=1S/C15H21N3O3.ClH/c1-2-16-11-12-7-9-17(10-8-12)15(19)13-5-3-4-6-14(13)18(20)21;/h3-6,12,16H,2,7-11H2,1H3;1H. The van der Waals surface area contributed by atoms with Gasteiger partial charge in [-0.3, -0.25) is 14.9 Å². The predicted molar refractivity (Wildman–Crippen MR) is 87.5 cm³/mol. The molecule has 1 amide bonds. The second kappa shape index (κ2) is 8.70. The quantitative estimate of drug-likeness (QED) is 0.666. The van der Waals surface area contributed by atoms with E-state index in [1.165, 1.54) is 12.1 Å². The number of nitro groups is 1. The molecule has 0 unspecified atom stereocenters. The Bertz CT molecular complexity index is 517. The lowest BCUT2D eigenvalue weighted by Gasteiger charge is -2.32. The summed E-state index contributed by atoms with van der Waals surface area (Å²) in [4.78, 5) is 24.7. The Morgan fingerprint density at radius 2 is 2.00 bits per heavy atom. The summed E-state index contributed by atoms with van der Waals surface area (Å²) in [7, 11) is 0. The number of nitrogens with one attached hydrogen (secondary N) is 1. The fourth-order valence-electron chi connectivity index (χ4n) is 2.67. The zero-order valence-corrected chi connectivity index (χ0v) is 13.5. The van der Waals surface area contributed by atoms with Gasteiger partial charge in [0, 0.05) is 19.2 Å². The number of halogens is 1. The summed E-state index contributed by atoms with van der Waals surface area (Å²) in [6, 6.07) is 6.16. The van der Waals surface area contributed by atoms with Crippen LogP contribution in [0.25, 0.3) is 0 Å². The summed E-state index contributed by atoms with van der Waals surface area (Å²) in [6.45, 7) is 5.34. The van der Waals surface area contributed by atoms with E-state index in [9.17, 15) is 14.9 Å². The molecule has 1 aliphatic rings. The number of likely N-dealkylation sites (tertiary alicyclic amines) is 1. The van der Waals surface area contributed by atoms with Crippen LogP contribution in [-0.4, -0.2) is 41.9 Å². The van der Waals surface area contributed by atoms with Crippen molar-refractivity contribution in [2.45, 2.75) is 19.8 Å². The fraction of sp³-hybridized carbons (Fsp3) is 0.533. The van der Waals surface area contributed by atoms with Crippen LogP contribution in [0.15, 0.2) is 24.3 Å². The van der Waals surface area contributed by atoms with Gasteiger partial charge in [0.05, 0.1) is 4.92 Å². The van der Waals surface area contributed by atoms with E-state index < -0.39 is 4.92 Å². The smallest absolute Gasteiger partial charge is 0.282 e. The minimum absolute atomic E-state index is 0. The molecule has 1 fully saturated rings. The van der Waals surface area contributed by atoms with Crippen LogP contribution in [0, 0.1) is 16.0 Å². The first-order valence-electron chi connectivity index (χ1n) is 7.37. The number of benzene rings is 1. The molecule has 122 valence electrons. The Hall–Kier alpha value is -1.66. The molecular weight excluding hydrogens is 306 g/mol. The Morgan fingerprint density at radius 1 is 1.36 bits per heavy atom. The van der Waals surface area contributed by atoms with Crippen molar-refractivity contribution in [3.8, 4) is 0 Å². The van der Waals surface area contributed by atoms with Crippen molar-refractivity contribution in [1.29, 1.82) is 0 Å². The molecule has 1 aromatic carbocycles. The van der Waals surface area contributed by atoms with Gasteiger partial charge in [-0.2, -0.15) is 0 Å². The topological polar surface area (TPSA) is 75.5 Å². The minimum Gasteiger partial charge on any atom is -0.338 e. The largest absolute Gasteiger partial charge is 0.338 e. The number of amides is 1. The number of carbonyl (C=O) groups excluding carboxylic acids is 1. The van der Waals surface area contributed by atoms with E-state index >= 15 is 0 Å². The average molecular weight is 328 g/mol. The maximum Gasteiger partial charge on any atom is 0.282 e. The molecule has 2 rings (SSSR count). The molecule has 1 saturated heterocycles.